The summed E-state index contributed by atoms with van der Waals surface area (Å²) in [5.74, 6) is 72.3. The topological polar surface area (TPSA) is 233 Å². The predicted octanol–water partition coefficient (Wildman–Crippen LogP) is 7.59. The van der Waals surface area contributed by atoms with Gasteiger partial charge in [-0.25, -0.2) is 4.98 Å². The molecule has 0 aliphatic carbocycles. The fraction of sp³-hybridized carbons (Fsp3) is 0.115. The first-order valence-corrected chi connectivity index (χ1v) is 21.5. The van der Waals surface area contributed by atoms with Gasteiger partial charge >= 0.3 is 0 Å². The third kappa shape index (κ3) is 28.1. The summed E-state index contributed by atoms with van der Waals surface area (Å²) in [5.41, 5.74) is 8.47. The molecule has 0 radical (unpaired) electrons. The van der Waals surface area contributed by atoms with Crippen molar-refractivity contribution >= 4 is 34.2 Å². The molecule has 2 atom stereocenters. The number of nitrogen functional groups attached to an aromatic ring is 1. The molecule has 15 heteroatoms. The van der Waals surface area contributed by atoms with Crippen LogP contribution in [-0.4, -0.2) is 44.9 Å². The van der Waals surface area contributed by atoms with Crippen molar-refractivity contribution in [2.75, 3.05) is 5.73 Å². The Labute approximate surface area is 462 Å². The number of fused-ring (bicyclic) bond motifs is 1. The highest BCUT2D eigenvalue weighted by Crippen LogP contribution is 2.21. The zero-order valence-corrected chi connectivity index (χ0v) is 40.2. The fourth-order valence-electron chi connectivity index (χ4n) is 5.23. The molecule has 1 heterocycles. The molecule has 0 spiro atoms. The van der Waals surface area contributed by atoms with E-state index >= 15 is 0 Å². The summed E-state index contributed by atoms with van der Waals surface area (Å²) in [5, 5.41) is 31.7. The van der Waals surface area contributed by atoms with E-state index in [0.29, 0.717) is 30.6 Å². The lowest BCUT2D eigenvalue weighted by Crippen LogP contribution is -2.51. The Kier molecular flexibility index (Phi) is 30.8. The lowest BCUT2D eigenvalue weighted by Gasteiger charge is -2.21. The van der Waals surface area contributed by atoms with Crippen LogP contribution < -0.4 is 22.2 Å². The first-order valence-electron chi connectivity index (χ1n) is 21.5. The van der Waals surface area contributed by atoms with Crippen molar-refractivity contribution in [2.24, 2.45) is 21.5 Å². The Balaban J connectivity index is -0.0000000950. The number of nitrogens with one attached hydrogen (secondary N) is 2. The molecule has 0 bridgehead atoms. The number of aromatic nitrogens is 1. The van der Waals surface area contributed by atoms with Crippen molar-refractivity contribution in [3.8, 4) is 179 Å². The fourth-order valence-corrected chi connectivity index (χ4v) is 5.23. The minimum Gasteiger partial charge on any atom is -0.383 e. The van der Waals surface area contributed by atoms with Gasteiger partial charge in [-0.3, -0.25) is 25.5 Å². The molecular weight excluding hydrogens is 955 g/mol. The van der Waals surface area contributed by atoms with Gasteiger partial charge in [0.15, 0.2) is 5.78 Å². The van der Waals surface area contributed by atoms with Gasteiger partial charge in [0, 0.05) is 115 Å². The van der Waals surface area contributed by atoms with Crippen molar-refractivity contribution in [2.45, 2.75) is 44.7 Å². The van der Waals surface area contributed by atoms with Crippen LogP contribution in [0.3, 0.4) is 0 Å². The van der Waals surface area contributed by atoms with Crippen LogP contribution in [-0.2, 0) is 27.4 Å². The summed E-state index contributed by atoms with van der Waals surface area (Å²) in [4.78, 5) is 45.9. The van der Waals surface area contributed by atoms with E-state index in [0.717, 1.165) is 21.9 Å². The van der Waals surface area contributed by atoms with Crippen molar-refractivity contribution in [3.05, 3.63) is 113 Å². The summed E-state index contributed by atoms with van der Waals surface area (Å²) in [6, 6.07) is 24.8. The normalized spacial score (nSPS) is 9.03. The summed E-state index contributed by atoms with van der Waals surface area (Å²) < 4.78 is 0. The molecule has 0 fully saturated rings. The maximum Gasteiger partial charge on any atom is 0.251 e. The van der Waals surface area contributed by atoms with Gasteiger partial charge < -0.3 is 26.6 Å². The smallest absolute Gasteiger partial charge is 0.251 e. The standard InChI is InChI=1S/C31H32N4O3.C30H2.H3N5O3.14H2/c1-21(28(36)17-14-23-12-15-26-25(20-23)18-19-33-29(26)32)34-31(38)27(16-13-22-8-4-2-5-9-22)35-30(37)24-10-6-3-7-11-24;1-3-5-7-9-11-13-15-17-19-21-23-25-27-29-30-28-26-24-22-20-18-16-14-12-10-8-6-4-2;1-2-3-4-5(6)8-7;;;;;;;;;;;;;;/h2-12,15,18-21,27H,13-14,16-17H2,1H3,(H2,32,33)(H,34,38)(H,35,37);1-2H;7H,(H2,1,3);14*1H/t21-,27+;;;;;;;;;;;;;;;;/m0................/s1. The second-order valence-electron chi connectivity index (χ2n) is 13.5. The van der Waals surface area contributed by atoms with E-state index in [1.165, 1.54) is 0 Å². The molecule has 0 aliphatic rings. The number of aryl methyl sites for hydroxylation is 2. The average molecular weight is 1020 g/mol. The van der Waals surface area contributed by atoms with Gasteiger partial charge in [-0.1, -0.05) is 66.7 Å². The highest BCUT2D eigenvalue weighted by molar-refractivity contribution is 5.98. The molecule has 0 aliphatic heterocycles. The lowest BCUT2D eigenvalue weighted by molar-refractivity contribution is -0.873. The monoisotopic (exact) mass is 1020 g/mol. The highest BCUT2D eigenvalue weighted by atomic mass is 17.2. The summed E-state index contributed by atoms with van der Waals surface area (Å²) in [6.07, 6.45) is 13.3. The van der Waals surface area contributed by atoms with Crippen LogP contribution >= 0.6 is 0 Å². The number of carbonyl (C=O) groups is 3. The van der Waals surface area contributed by atoms with Crippen molar-refractivity contribution in [1.82, 2.24) is 15.6 Å². The van der Waals surface area contributed by atoms with Gasteiger partial charge in [0.05, 0.1) is 16.3 Å². The Bertz CT molecular complexity index is 3700. The number of nitrogens with two attached hydrogens (primary N) is 2. The second-order valence-corrected chi connectivity index (χ2v) is 13.5. The maximum atomic E-state index is 13.2. The molecule has 0 unspecified atom stereocenters. The number of hydrogen-bond donors (Lipinski definition) is 5. The van der Waals surface area contributed by atoms with Crippen molar-refractivity contribution in [3.63, 3.8) is 0 Å². The second kappa shape index (κ2) is 39.3. The molecule has 15 nitrogen and oxygen atoms in total. The minimum absolute atomic E-state index is 0. The number of Topliss-reactive ketones (excluding diaryl/α,β-unsaturated/α-hetero) is 1. The maximum absolute atomic E-state index is 13.2. The van der Waals surface area contributed by atoms with Gasteiger partial charge in [-0.05, 0) is 156 Å². The van der Waals surface area contributed by atoms with Crippen LogP contribution in [0.4, 0.5) is 5.82 Å². The van der Waals surface area contributed by atoms with Gasteiger partial charge in [0.25, 0.3) is 5.91 Å². The molecule has 390 valence electrons. The molecule has 0 saturated carbocycles. The Morgan fingerprint density at radius 3 is 1.58 bits per heavy atom. The highest BCUT2D eigenvalue weighted by Gasteiger charge is 2.25. The van der Waals surface area contributed by atoms with E-state index < -0.39 is 17.1 Å². The van der Waals surface area contributed by atoms with E-state index in [1.54, 1.807) is 37.4 Å². The molecule has 4 rings (SSSR count). The largest absolute Gasteiger partial charge is 0.383 e. The van der Waals surface area contributed by atoms with Gasteiger partial charge in [0.2, 0.25) is 16.4 Å². The van der Waals surface area contributed by atoms with E-state index in [4.69, 9.17) is 23.8 Å². The van der Waals surface area contributed by atoms with Gasteiger partial charge in [-0.2, -0.15) is 0 Å². The number of benzene rings is 3. The average Bonchev–Trinajstić information content (AvgIpc) is 3.44. The molecule has 76 heavy (non-hydrogen) atoms. The third-order valence-electron chi connectivity index (χ3n) is 8.53. The Morgan fingerprint density at radius 1 is 0.671 bits per heavy atom. The van der Waals surface area contributed by atoms with E-state index in [-0.39, 0.29) is 44.0 Å². The number of pyridine rings is 1. The van der Waals surface area contributed by atoms with E-state index in [9.17, 15) is 19.6 Å². The zero-order valence-electron chi connectivity index (χ0n) is 40.2. The zero-order chi connectivity index (χ0) is 55.1. The first-order chi connectivity index (χ1) is 37.1. The number of hydrogen-bond acceptors (Lipinski definition) is 9. The number of anilines is 1. The molecule has 2 amide bonds. The molecule has 4 aromatic rings. The van der Waals surface area contributed by atoms with Crippen LogP contribution in [0.15, 0.2) is 107 Å². The van der Waals surface area contributed by atoms with Crippen molar-refractivity contribution in [1.29, 1.82) is 0 Å². The SMILES string of the molecule is C#CC#CC#CC#CC#CC#CC#CC#CC#CC#CC#CC#CC#CC#CC#C.C[C@H](NC(=O)[C@@H](CCc1ccccc1)NC(=O)c1ccccc1)C(=O)CCc1ccc2c(N)nccc2c1.NN=NN=[N+]([O-])OO.[HH].[HH].[HH].[HH].[HH].[HH].[HH].[HH].[HH].[HH].[HH].[HH].[HH].[HH]. The third-order valence-corrected chi connectivity index (χ3v) is 8.53. The number of nitrogens with zero attached hydrogens (tertiary/aromatic N) is 5. The van der Waals surface area contributed by atoms with Crippen LogP contribution in [0.5, 0.6) is 0 Å². The summed E-state index contributed by atoms with van der Waals surface area (Å²) in [6.45, 7) is 1.68. The van der Waals surface area contributed by atoms with Gasteiger partial charge in [-0.15, -0.1) is 12.8 Å². The number of carbonyl (C=O) groups excluding carboxylic acids is 3. The Morgan fingerprint density at radius 2 is 1.13 bits per heavy atom. The molecular formula is C61H65N9O6. The number of rotatable bonds is 13. The lowest BCUT2D eigenvalue weighted by atomic mass is 10.0. The first kappa shape index (κ1) is 59.6. The quantitative estimate of drug-likeness (QED) is 0.0292. The predicted molar refractivity (Wildman–Crippen MR) is 317 cm³/mol. The molecule has 3 aromatic carbocycles. The molecule has 0 saturated heterocycles. The minimum atomic E-state index is -0.780. The van der Waals surface area contributed by atoms with Crippen LogP contribution in [0, 0.1) is 184 Å². The van der Waals surface area contributed by atoms with E-state index in [1.807, 2.05) is 60.7 Å². The summed E-state index contributed by atoms with van der Waals surface area (Å²) in [7, 11) is 0. The van der Waals surface area contributed by atoms with Crippen LogP contribution in [0.1, 0.15) is 61.2 Å². The number of ketones is 1. The summed E-state index contributed by atoms with van der Waals surface area (Å²) >= 11 is 0. The van der Waals surface area contributed by atoms with Crippen LogP contribution in [0.25, 0.3) is 10.8 Å². The molecule has 1 aromatic heterocycles. The molecule has 7 N–H and O–H groups in total. The number of amides is 2. The van der Waals surface area contributed by atoms with Crippen molar-refractivity contribution < 1.29 is 49.6 Å². The van der Waals surface area contributed by atoms with E-state index in [2.05, 4.69) is 208 Å². The Hall–Kier alpha value is -12.6. The number of terminal acetylenes is 2. The van der Waals surface area contributed by atoms with Gasteiger partial charge in [0.1, 0.15) is 11.9 Å². The van der Waals surface area contributed by atoms with Crippen LogP contribution in [0.2, 0.25) is 0 Å².